The standard InChI is InChI=1S/C48H94N2O8S.CH4/c1-5-8-11-14-17-26-33-43-57-47(52)37-29-22-18-24-31-40-50(54,42-34-39-49-46(51)44-59(4,55)56)41-32-25-19-23-30-38-48(53)58-45(35-27-20-15-12-9-6-2)36-28-21-16-13-10-7-3;/h45H,5-44H2,1-4H3,(H,49,51);1H4. The molecule has 10 nitrogen and oxygen atoms in total. The molecule has 1 amide bonds. The first kappa shape index (κ1) is 60.4. The first-order valence-electron chi connectivity index (χ1n) is 24.8. The number of carbonyl (C=O) groups is 3. The van der Waals surface area contributed by atoms with Crippen molar-refractivity contribution in [2.24, 2.45) is 0 Å². The number of amides is 1. The summed E-state index contributed by atoms with van der Waals surface area (Å²) in [6, 6.07) is 0. The Morgan fingerprint density at radius 1 is 0.533 bits per heavy atom. The first-order chi connectivity index (χ1) is 28.4. The summed E-state index contributed by atoms with van der Waals surface area (Å²) in [7, 11) is -3.40. The zero-order valence-corrected chi connectivity index (χ0v) is 39.8. The van der Waals surface area contributed by atoms with Crippen LogP contribution in [-0.2, 0) is 33.7 Å². The number of unbranched alkanes of at least 4 members (excludes halogenated alkanes) is 24. The van der Waals surface area contributed by atoms with Crippen LogP contribution in [-0.4, -0.2) is 81.8 Å². The maximum absolute atomic E-state index is 13.9. The monoisotopic (exact) mass is 875 g/mol. The van der Waals surface area contributed by atoms with Gasteiger partial charge in [-0.1, -0.05) is 157 Å². The Bertz CT molecular complexity index is 1090. The number of esters is 2. The molecule has 60 heavy (non-hydrogen) atoms. The van der Waals surface area contributed by atoms with Gasteiger partial charge in [0.1, 0.15) is 11.9 Å². The molecule has 0 fully saturated rings. The molecule has 0 saturated carbocycles. The van der Waals surface area contributed by atoms with Crippen LogP contribution in [0.1, 0.15) is 247 Å². The number of hydrogen-bond acceptors (Lipinski definition) is 8. The molecule has 358 valence electrons. The summed E-state index contributed by atoms with van der Waals surface area (Å²) in [5.41, 5.74) is 0. The van der Waals surface area contributed by atoms with Crippen LogP contribution in [0.15, 0.2) is 0 Å². The van der Waals surface area contributed by atoms with Crippen LogP contribution >= 0.6 is 0 Å². The molecular formula is C49H98N2O8S. The second-order valence-corrected chi connectivity index (χ2v) is 19.7. The van der Waals surface area contributed by atoms with E-state index in [1.807, 2.05) is 0 Å². The van der Waals surface area contributed by atoms with Crippen molar-refractivity contribution in [2.75, 3.05) is 44.8 Å². The van der Waals surface area contributed by atoms with Gasteiger partial charge in [0.2, 0.25) is 5.91 Å². The Hall–Kier alpha value is -1.72. The number of nitrogens with zero attached hydrogens (tertiary/aromatic N) is 1. The predicted molar refractivity (Wildman–Crippen MR) is 253 cm³/mol. The highest BCUT2D eigenvalue weighted by atomic mass is 32.2. The number of hydroxylamine groups is 3. The number of nitrogens with one attached hydrogen (secondary N) is 1. The van der Waals surface area contributed by atoms with Gasteiger partial charge in [-0.05, 0) is 70.6 Å². The van der Waals surface area contributed by atoms with E-state index in [-0.39, 0.29) is 36.7 Å². The van der Waals surface area contributed by atoms with Crippen molar-refractivity contribution in [3.63, 3.8) is 0 Å². The average molecular weight is 875 g/mol. The summed E-state index contributed by atoms with van der Waals surface area (Å²) in [5.74, 6) is -1.25. The molecule has 0 aliphatic carbocycles. The van der Waals surface area contributed by atoms with Gasteiger partial charge < -0.3 is 24.6 Å². The van der Waals surface area contributed by atoms with Gasteiger partial charge in [0.05, 0.1) is 26.2 Å². The van der Waals surface area contributed by atoms with E-state index in [0.29, 0.717) is 45.5 Å². The van der Waals surface area contributed by atoms with Crippen LogP contribution in [0.25, 0.3) is 0 Å². The molecule has 0 saturated heterocycles. The quantitative estimate of drug-likeness (QED) is 0.0276. The third-order valence-electron chi connectivity index (χ3n) is 11.4. The molecule has 0 bridgehead atoms. The normalized spacial score (nSPS) is 12.6. The van der Waals surface area contributed by atoms with Gasteiger partial charge in [-0.2, -0.15) is 0 Å². The highest BCUT2D eigenvalue weighted by molar-refractivity contribution is 7.91. The molecule has 1 unspecified atom stereocenters. The highest BCUT2D eigenvalue weighted by Crippen LogP contribution is 2.19. The topological polar surface area (TPSA) is 139 Å². The molecule has 0 aromatic carbocycles. The number of quaternary nitrogens is 1. The van der Waals surface area contributed by atoms with Gasteiger partial charge >= 0.3 is 11.9 Å². The van der Waals surface area contributed by atoms with Gasteiger partial charge in [-0.15, -0.1) is 0 Å². The molecule has 1 N–H and O–H groups in total. The van der Waals surface area contributed by atoms with Crippen molar-refractivity contribution in [1.82, 2.24) is 5.32 Å². The van der Waals surface area contributed by atoms with E-state index in [1.165, 1.54) is 96.3 Å². The minimum atomic E-state index is -3.40. The number of rotatable bonds is 45. The molecule has 0 aliphatic heterocycles. The number of carbonyl (C=O) groups excluding carboxylic acids is 3. The number of sulfone groups is 1. The van der Waals surface area contributed by atoms with E-state index >= 15 is 0 Å². The van der Waals surface area contributed by atoms with E-state index < -0.39 is 21.5 Å². The molecule has 0 spiro atoms. The number of ether oxygens (including phenoxy) is 2. The van der Waals surface area contributed by atoms with Crippen LogP contribution in [0, 0.1) is 5.21 Å². The van der Waals surface area contributed by atoms with Crippen molar-refractivity contribution in [2.45, 2.75) is 253 Å². The van der Waals surface area contributed by atoms with E-state index in [0.717, 1.165) is 109 Å². The fraction of sp³-hybridized carbons (Fsp3) is 0.939. The summed E-state index contributed by atoms with van der Waals surface area (Å²) in [6.45, 7) is 8.87. The third kappa shape index (κ3) is 42.9. The largest absolute Gasteiger partial charge is 0.633 e. The minimum absolute atomic E-state index is 0. The molecular weight excluding hydrogens is 777 g/mol. The van der Waals surface area contributed by atoms with E-state index in [9.17, 15) is 28.0 Å². The second kappa shape index (κ2) is 42.6. The van der Waals surface area contributed by atoms with Gasteiger partial charge in [-0.25, -0.2) is 8.42 Å². The molecule has 0 rings (SSSR count). The molecule has 1 atom stereocenters. The summed E-state index contributed by atoms with van der Waals surface area (Å²) < 4.78 is 34.0. The lowest BCUT2D eigenvalue weighted by atomic mass is 10.0. The van der Waals surface area contributed by atoms with Crippen molar-refractivity contribution < 1.29 is 36.9 Å². The van der Waals surface area contributed by atoms with Gasteiger partial charge in [0.15, 0.2) is 9.84 Å². The lowest BCUT2D eigenvalue weighted by molar-refractivity contribution is -0.881. The van der Waals surface area contributed by atoms with Crippen LogP contribution in [0.5, 0.6) is 0 Å². The fourth-order valence-corrected chi connectivity index (χ4v) is 8.33. The van der Waals surface area contributed by atoms with Gasteiger partial charge in [0.25, 0.3) is 0 Å². The summed E-state index contributed by atoms with van der Waals surface area (Å²) >= 11 is 0. The molecule has 0 aliphatic rings. The Labute approximate surface area is 371 Å². The van der Waals surface area contributed by atoms with Crippen molar-refractivity contribution in [3.05, 3.63) is 5.21 Å². The Morgan fingerprint density at radius 2 is 0.917 bits per heavy atom. The van der Waals surface area contributed by atoms with Crippen LogP contribution in [0.4, 0.5) is 0 Å². The van der Waals surface area contributed by atoms with E-state index in [2.05, 4.69) is 26.1 Å². The molecule has 0 aromatic heterocycles. The summed E-state index contributed by atoms with van der Waals surface area (Å²) in [4.78, 5) is 36.9. The van der Waals surface area contributed by atoms with Crippen molar-refractivity contribution in [1.29, 1.82) is 0 Å². The Morgan fingerprint density at radius 3 is 1.38 bits per heavy atom. The highest BCUT2D eigenvalue weighted by Gasteiger charge is 2.18. The summed E-state index contributed by atoms with van der Waals surface area (Å²) in [5, 5.41) is 16.6. The fourth-order valence-electron chi connectivity index (χ4n) is 7.75. The van der Waals surface area contributed by atoms with E-state index in [1.54, 1.807) is 0 Å². The van der Waals surface area contributed by atoms with Crippen molar-refractivity contribution >= 4 is 27.7 Å². The molecule has 11 heteroatoms. The van der Waals surface area contributed by atoms with Crippen LogP contribution in [0.2, 0.25) is 0 Å². The second-order valence-electron chi connectivity index (χ2n) is 17.6. The Balaban J connectivity index is 0. The zero-order valence-electron chi connectivity index (χ0n) is 39.0. The SMILES string of the molecule is C.CCCCCCCCCOC(=O)CCCCCCC[N+]([O-])(CCCCCCCC(=O)OC(CCCCCCCC)CCCCCCCC)CCCNC(=O)CS(C)(=O)=O. The maximum atomic E-state index is 13.9. The van der Waals surface area contributed by atoms with Gasteiger partial charge in [-0.3, -0.25) is 14.4 Å². The average Bonchev–Trinajstić information content (AvgIpc) is 3.18. The number of hydrogen-bond donors (Lipinski definition) is 1. The van der Waals surface area contributed by atoms with E-state index in [4.69, 9.17) is 9.47 Å². The Kier molecular flexibility index (Phi) is 42.8. The van der Waals surface area contributed by atoms with Gasteiger partial charge in [0, 0.05) is 32.1 Å². The third-order valence-corrected chi connectivity index (χ3v) is 12.2. The minimum Gasteiger partial charge on any atom is -0.633 e. The smallest absolute Gasteiger partial charge is 0.306 e. The molecule has 0 radical (unpaired) electrons. The maximum Gasteiger partial charge on any atom is 0.306 e. The van der Waals surface area contributed by atoms with Crippen LogP contribution < -0.4 is 5.32 Å². The van der Waals surface area contributed by atoms with Crippen LogP contribution in [0.3, 0.4) is 0 Å². The molecule has 0 aromatic rings. The summed E-state index contributed by atoms with van der Waals surface area (Å²) in [6.07, 6.45) is 36.6. The lowest BCUT2D eigenvalue weighted by Crippen LogP contribution is -2.45. The lowest BCUT2D eigenvalue weighted by Gasteiger charge is -2.43. The predicted octanol–water partition coefficient (Wildman–Crippen LogP) is 12.9. The van der Waals surface area contributed by atoms with Crippen molar-refractivity contribution in [3.8, 4) is 0 Å². The first-order valence-corrected chi connectivity index (χ1v) is 26.9. The zero-order chi connectivity index (χ0) is 43.7. The molecule has 0 heterocycles.